The molecule has 3 rings (SSSR count). The van der Waals surface area contributed by atoms with Gasteiger partial charge in [-0.3, -0.25) is 13.9 Å². The predicted octanol–water partition coefficient (Wildman–Crippen LogP) is 4.44. The van der Waals surface area contributed by atoms with Gasteiger partial charge in [-0.2, -0.15) is 0 Å². The Bertz CT molecular complexity index is 1300. The summed E-state index contributed by atoms with van der Waals surface area (Å²) >= 11 is 6.04. The van der Waals surface area contributed by atoms with Crippen molar-refractivity contribution >= 4 is 39.1 Å². The van der Waals surface area contributed by atoms with Crippen LogP contribution in [0.2, 0.25) is 5.02 Å². The number of carbonyl (C=O) groups is 2. The van der Waals surface area contributed by atoms with Gasteiger partial charge in [-0.25, -0.2) is 8.42 Å². The molecule has 0 aliphatic rings. The topological polar surface area (TPSA) is 86.8 Å². The Morgan fingerprint density at radius 2 is 1.57 bits per heavy atom. The first-order chi connectivity index (χ1) is 17.6. The molecule has 0 heterocycles. The van der Waals surface area contributed by atoms with Gasteiger partial charge in [0.2, 0.25) is 11.8 Å². The second-order valence-electron chi connectivity index (χ2n) is 8.69. The first-order valence-corrected chi connectivity index (χ1v) is 13.9. The molecule has 0 bridgehead atoms. The van der Waals surface area contributed by atoms with Gasteiger partial charge in [0.15, 0.2) is 0 Å². The minimum atomic E-state index is -4.09. The van der Waals surface area contributed by atoms with Crippen LogP contribution in [0.3, 0.4) is 0 Å². The van der Waals surface area contributed by atoms with Gasteiger partial charge in [0.25, 0.3) is 10.0 Å². The van der Waals surface area contributed by atoms with Crippen molar-refractivity contribution in [1.82, 2.24) is 10.2 Å². The van der Waals surface area contributed by atoms with E-state index in [1.165, 1.54) is 17.0 Å². The Hall–Kier alpha value is -3.36. The largest absolute Gasteiger partial charge is 0.355 e. The molecular formula is C28H32ClN3O4S. The number of carbonyl (C=O) groups excluding carboxylic acids is 2. The number of hydrogen-bond donors (Lipinski definition) is 1. The summed E-state index contributed by atoms with van der Waals surface area (Å²) in [5.41, 5.74) is 2.22. The number of aryl methyl sites for hydroxylation is 1. The summed E-state index contributed by atoms with van der Waals surface area (Å²) in [4.78, 5) is 27.9. The van der Waals surface area contributed by atoms with Crippen LogP contribution in [0.5, 0.6) is 0 Å². The number of nitrogens with zero attached hydrogens (tertiary/aromatic N) is 2. The Balaban J connectivity index is 1.96. The fraction of sp³-hybridized carbons (Fsp3) is 0.286. The van der Waals surface area contributed by atoms with Gasteiger partial charge in [-0.15, -0.1) is 0 Å². The van der Waals surface area contributed by atoms with E-state index in [2.05, 4.69) is 5.32 Å². The van der Waals surface area contributed by atoms with Crippen LogP contribution < -0.4 is 9.62 Å². The lowest BCUT2D eigenvalue weighted by Crippen LogP contribution is -2.52. The number of nitrogens with one attached hydrogen (secondary N) is 1. The molecule has 0 fully saturated rings. The maximum atomic E-state index is 13.7. The molecule has 2 amide bonds. The average molecular weight is 542 g/mol. The summed E-state index contributed by atoms with van der Waals surface area (Å²) < 4.78 is 28.5. The second-order valence-corrected chi connectivity index (χ2v) is 11.0. The van der Waals surface area contributed by atoms with Crippen molar-refractivity contribution in [3.8, 4) is 0 Å². The Kier molecular flexibility index (Phi) is 9.72. The smallest absolute Gasteiger partial charge is 0.264 e. The van der Waals surface area contributed by atoms with E-state index >= 15 is 0 Å². The molecule has 0 aliphatic carbocycles. The molecular weight excluding hydrogens is 510 g/mol. The van der Waals surface area contributed by atoms with Crippen molar-refractivity contribution in [2.45, 2.75) is 38.1 Å². The minimum Gasteiger partial charge on any atom is -0.355 e. The highest BCUT2D eigenvalue weighted by Crippen LogP contribution is 2.26. The molecule has 7 nitrogen and oxygen atoms in total. The standard InChI is InChI=1S/C28H32ClN3O4S/c1-4-30-28(34)22(3)31(19-18-23-8-6-5-7-9-23)27(33)20-32(25-14-12-24(29)13-15-25)37(35,36)26-16-10-21(2)11-17-26/h5-17,22H,4,18-20H2,1-3H3,(H,30,34). The quantitative estimate of drug-likeness (QED) is 0.389. The molecule has 1 N–H and O–H groups in total. The van der Waals surface area contributed by atoms with Gasteiger partial charge in [-0.05, 0) is 69.2 Å². The highest BCUT2D eigenvalue weighted by atomic mass is 35.5. The van der Waals surface area contributed by atoms with Crippen LogP contribution >= 0.6 is 11.6 Å². The first-order valence-electron chi connectivity index (χ1n) is 12.1. The van der Waals surface area contributed by atoms with Crippen molar-refractivity contribution in [1.29, 1.82) is 0 Å². The summed E-state index contributed by atoms with van der Waals surface area (Å²) in [6.07, 6.45) is 0.516. The van der Waals surface area contributed by atoms with Crippen LogP contribution in [-0.4, -0.2) is 50.8 Å². The molecule has 0 radical (unpaired) electrons. The molecule has 0 saturated heterocycles. The van der Waals surface area contributed by atoms with Gasteiger partial charge in [0.05, 0.1) is 10.6 Å². The summed E-state index contributed by atoms with van der Waals surface area (Å²) in [7, 11) is -4.09. The monoisotopic (exact) mass is 541 g/mol. The Labute approximate surface area is 224 Å². The molecule has 0 aromatic heterocycles. The van der Waals surface area contributed by atoms with Crippen LogP contribution in [0.4, 0.5) is 5.69 Å². The third-order valence-electron chi connectivity index (χ3n) is 6.00. The van der Waals surface area contributed by atoms with E-state index in [4.69, 9.17) is 11.6 Å². The third-order valence-corrected chi connectivity index (χ3v) is 8.05. The summed E-state index contributed by atoms with van der Waals surface area (Å²) in [6, 6.07) is 21.5. The van der Waals surface area contributed by atoms with Gasteiger partial charge in [-0.1, -0.05) is 59.6 Å². The number of benzene rings is 3. The van der Waals surface area contributed by atoms with Crippen LogP contribution in [0, 0.1) is 6.92 Å². The number of anilines is 1. The first kappa shape index (κ1) is 28.2. The minimum absolute atomic E-state index is 0.0634. The fourth-order valence-electron chi connectivity index (χ4n) is 3.87. The molecule has 196 valence electrons. The maximum absolute atomic E-state index is 13.7. The molecule has 0 spiro atoms. The van der Waals surface area contributed by atoms with E-state index in [-0.39, 0.29) is 17.3 Å². The molecule has 0 aliphatic heterocycles. The second kappa shape index (κ2) is 12.7. The summed E-state index contributed by atoms with van der Waals surface area (Å²) in [5, 5.41) is 3.19. The van der Waals surface area contributed by atoms with Gasteiger partial charge >= 0.3 is 0 Å². The SMILES string of the molecule is CCNC(=O)C(C)N(CCc1ccccc1)C(=O)CN(c1ccc(Cl)cc1)S(=O)(=O)c1ccc(C)cc1. The number of hydrogen-bond acceptors (Lipinski definition) is 4. The molecule has 37 heavy (non-hydrogen) atoms. The zero-order chi connectivity index (χ0) is 27.0. The van der Waals surface area contributed by atoms with E-state index in [0.29, 0.717) is 23.7 Å². The van der Waals surface area contributed by atoms with E-state index < -0.39 is 28.5 Å². The Morgan fingerprint density at radius 1 is 0.946 bits per heavy atom. The number of amides is 2. The zero-order valence-electron chi connectivity index (χ0n) is 21.2. The molecule has 0 saturated carbocycles. The van der Waals surface area contributed by atoms with E-state index in [9.17, 15) is 18.0 Å². The lowest BCUT2D eigenvalue weighted by Gasteiger charge is -2.32. The summed E-state index contributed by atoms with van der Waals surface area (Å²) in [6.45, 7) is 5.51. The van der Waals surface area contributed by atoms with E-state index in [0.717, 1.165) is 15.4 Å². The van der Waals surface area contributed by atoms with Crippen molar-refractivity contribution in [2.75, 3.05) is 23.9 Å². The van der Waals surface area contributed by atoms with Crippen LogP contribution in [-0.2, 0) is 26.0 Å². The third kappa shape index (κ3) is 7.33. The maximum Gasteiger partial charge on any atom is 0.264 e. The molecule has 9 heteroatoms. The molecule has 3 aromatic rings. The highest BCUT2D eigenvalue weighted by Gasteiger charge is 2.32. The molecule has 1 atom stereocenters. The fourth-order valence-corrected chi connectivity index (χ4v) is 5.41. The number of likely N-dealkylation sites (N-methyl/N-ethyl adjacent to an activating group) is 1. The molecule has 3 aromatic carbocycles. The van der Waals surface area contributed by atoms with Gasteiger partial charge < -0.3 is 10.2 Å². The zero-order valence-corrected chi connectivity index (χ0v) is 22.8. The van der Waals surface area contributed by atoms with Gasteiger partial charge in [0, 0.05) is 18.1 Å². The predicted molar refractivity (Wildman–Crippen MR) is 147 cm³/mol. The number of halogens is 1. The van der Waals surface area contributed by atoms with Crippen molar-refractivity contribution < 1.29 is 18.0 Å². The molecule has 1 unspecified atom stereocenters. The lowest BCUT2D eigenvalue weighted by atomic mass is 10.1. The van der Waals surface area contributed by atoms with E-state index in [1.54, 1.807) is 50.2 Å². The van der Waals surface area contributed by atoms with Crippen molar-refractivity contribution in [2.24, 2.45) is 0 Å². The summed E-state index contributed by atoms with van der Waals surface area (Å²) in [5.74, 6) is -0.788. The number of sulfonamides is 1. The van der Waals surface area contributed by atoms with E-state index in [1.807, 2.05) is 37.3 Å². The Morgan fingerprint density at radius 3 is 2.16 bits per heavy atom. The highest BCUT2D eigenvalue weighted by molar-refractivity contribution is 7.92. The van der Waals surface area contributed by atoms with Gasteiger partial charge in [0.1, 0.15) is 12.6 Å². The van der Waals surface area contributed by atoms with Crippen LogP contribution in [0.25, 0.3) is 0 Å². The van der Waals surface area contributed by atoms with Crippen LogP contribution in [0.1, 0.15) is 25.0 Å². The van der Waals surface area contributed by atoms with Crippen molar-refractivity contribution in [3.05, 3.63) is 95.0 Å². The lowest BCUT2D eigenvalue weighted by molar-refractivity contribution is -0.138. The van der Waals surface area contributed by atoms with Crippen molar-refractivity contribution in [3.63, 3.8) is 0 Å². The number of rotatable bonds is 11. The average Bonchev–Trinajstić information content (AvgIpc) is 2.89. The normalized spacial score (nSPS) is 12.0. The van der Waals surface area contributed by atoms with Crippen LogP contribution in [0.15, 0.2) is 83.8 Å².